The van der Waals surface area contributed by atoms with Crippen LogP contribution in [0.2, 0.25) is 5.02 Å². The Kier molecular flexibility index (Phi) is 6.20. The first-order valence-electron chi connectivity index (χ1n) is 8.62. The Balaban J connectivity index is 1.44. The number of carbonyl (C=O) groups excluding carboxylic acids is 1. The van der Waals surface area contributed by atoms with Gasteiger partial charge < -0.3 is 11.1 Å². The number of anilines is 1. The number of rotatable bonds is 5. The lowest BCUT2D eigenvalue weighted by atomic mass is 10.0. The van der Waals surface area contributed by atoms with Crippen molar-refractivity contribution < 1.29 is 4.79 Å². The Morgan fingerprint density at radius 3 is 2.65 bits per heavy atom. The van der Waals surface area contributed by atoms with Gasteiger partial charge in [0.05, 0.1) is 0 Å². The number of nitrogens with two attached hydrogens (primary N) is 1. The molecule has 1 saturated heterocycles. The van der Waals surface area contributed by atoms with Gasteiger partial charge in [-0.2, -0.15) is 0 Å². The van der Waals surface area contributed by atoms with E-state index in [1.807, 2.05) is 18.2 Å². The smallest absolute Gasteiger partial charge is 0.244 e. The van der Waals surface area contributed by atoms with Gasteiger partial charge in [0.1, 0.15) is 0 Å². The predicted octanol–water partition coefficient (Wildman–Crippen LogP) is 2.51. The summed E-state index contributed by atoms with van der Waals surface area (Å²) >= 11 is 6.23. The molecule has 0 spiro atoms. The standard InChI is InChI=1S/C19H22ClN5O/c20-17-4-2-1-3-15(17)13-25-9-7-16(8-10-25)24-18(26)6-5-14-11-22-19(21)23-12-14/h1-6,11-12,16H,7-10,13H2,(H,24,26)(H2,21,22,23). The van der Waals surface area contributed by atoms with Crippen molar-refractivity contribution in [3.8, 4) is 0 Å². The lowest BCUT2D eigenvalue weighted by Gasteiger charge is -2.32. The lowest BCUT2D eigenvalue weighted by molar-refractivity contribution is -0.117. The molecule has 3 N–H and O–H groups in total. The van der Waals surface area contributed by atoms with E-state index in [0.29, 0.717) is 0 Å². The highest BCUT2D eigenvalue weighted by molar-refractivity contribution is 6.31. The van der Waals surface area contributed by atoms with E-state index >= 15 is 0 Å². The molecule has 1 aromatic heterocycles. The second kappa shape index (κ2) is 8.78. The van der Waals surface area contributed by atoms with Gasteiger partial charge >= 0.3 is 0 Å². The van der Waals surface area contributed by atoms with Crippen LogP contribution in [0.3, 0.4) is 0 Å². The summed E-state index contributed by atoms with van der Waals surface area (Å²) < 4.78 is 0. The van der Waals surface area contributed by atoms with Crippen LogP contribution in [0.25, 0.3) is 6.08 Å². The summed E-state index contributed by atoms with van der Waals surface area (Å²) in [5, 5.41) is 3.86. The van der Waals surface area contributed by atoms with Crippen LogP contribution in [0.5, 0.6) is 0 Å². The fraction of sp³-hybridized carbons (Fsp3) is 0.316. The Bertz CT molecular complexity index is 770. The number of nitrogens with one attached hydrogen (secondary N) is 1. The number of nitrogen functional groups attached to an aromatic ring is 1. The lowest BCUT2D eigenvalue weighted by Crippen LogP contribution is -2.43. The average molecular weight is 372 g/mol. The van der Waals surface area contributed by atoms with Crippen LogP contribution in [-0.4, -0.2) is 39.9 Å². The molecule has 0 radical (unpaired) electrons. The Morgan fingerprint density at radius 2 is 1.96 bits per heavy atom. The van der Waals surface area contributed by atoms with Crippen molar-refractivity contribution in [3.63, 3.8) is 0 Å². The van der Waals surface area contributed by atoms with E-state index in [1.54, 1.807) is 18.5 Å². The van der Waals surface area contributed by atoms with Gasteiger partial charge in [0, 0.05) is 54.7 Å². The third-order valence-electron chi connectivity index (χ3n) is 4.40. The largest absolute Gasteiger partial charge is 0.368 e. The number of hydrogen-bond acceptors (Lipinski definition) is 5. The fourth-order valence-electron chi connectivity index (χ4n) is 2.96. The van der Waals surface area contributed by atoms with Crippen LogP contribution in [0, 0.1) is 0 Å². The quantitative estimate of drug-likeness (QED) is 0.789. The van der Waals surface area contributed by atoms with Crippen molar-refractivity contribution in [3.05, 3.63) is 58.9 Å². The van der Waals surface area contributed by atoms with E-state index in [-0.39, 0.29) is 17.9 Å². The van der Waals surface area contributed by atoms with Crippen molar-refractivity contribution in [2.24, 2.45) is 0 Å². The Labute approximate surface area is 158 Å². The van der Waals surface area contributed by atoms with Crippen LogP contribution >= 0.6 is 11.6 Å². The van der Waals surface area contributed by atoms with Gasteiger partial charge in [0.15, 0.2) is 0 Å². The number of hydrogen-bond donors (Lipinski definition) is 2. The molecule has 1 amide bonds. The Hall–Kier alpha value is -2.44. The zero-order valence-corrected chi connectivity index (χ0v) is 15.2. The van der Waals surface area contributed by atoms with Gasteiger partial charge in [-0.05, 0) is 30.5 Å². The van der Waals surface area contributed by atoms with Gasteiger partial charge in [-0.1, -0.05) is 29.8 Å². The van der Waals surface area contributed by atoms with Gasteiger partial charge in [0.2, 0.25) is 11.9 Å². The number of nitrogens with zero attached hydrogens (tertiary/aromatic N) is 3. The molecule has 136 valence electrons. The number of benzene rings is 1. The maximum Gasteiger partial charge on any atom is 0.244 e. The minimum Gasteiger partial charge on any atom is -0.368 e. The van der Waals surface area contributed by atoms with Gasteiger partial charge in [-0.15, -0.1) is 0 Å². The molecule has 26 heavy (non-hydrogen) atoms. The molecule has 0 unspecified atom stereocenters. The summed E-state index contributed by atoms with van der Waals surface area (Å²) in [6.45, 7) is 2.72. The normalized spacial score (nSPS) is 16.0. The molecular formula is C19H22ClN5O. The first-order valence-corrected chi connectivity index (χ1v) is 9.00. The minimum atomic E-state index is -0.105. The van der Waals surface area contributed by atoms with Crippen molar-refractivity contribution in [2.75, 3.05) is 18.8 Å². The van der Waals surface area contributed by atoms with Crippen molar-refractivity contribution in [2.45, 2.75) is 25.4 Å². The number of amides is 1. The fourth-order valence-corrected chi connectivity index (χ4v) is 3.15. The van der Waals surface area contributed by atoms with Gasteiger partial charge in [-0.25, -0.2) is 9.97 Å². The topological polar surface area (TPSA) is 84.1 Å². The maximum atomic E-state index is 12.1. The van der Waals surface area contributed by atoms with Gasteiger partial charge in [-0.3, -0.25) is 9.69 Å². The third kappa shape index (κ3) is 5.28. The summed E-state index contributed by atoms with van der Waals surface area (Å²) in [6, 6.07) is 8.12. The monoisotopic (exact) mass is 371 g/mol. The van der Waals surface area contributed by atoms with Gasteiger partial charge in [0.25, 0.3) is 0 Å². The molecule has 1 aliphatic heterocycles. The highest BCUT2D eigenvalue weighted by Crippen LogP contribution is 2.19. The first kappa shape index (κ1) is 18.4. The van der Waals surface area contributed by atoms with E-state index in [9.17, 15) is 4.79 Å². The summed E-state index contributed by atoms with van der Waals surface area (Å²) in [5.41, 5.74) is 7.32. The highest BCUT2D eigenvalue weighted by Gasteiger charge is 2.20. The van der Waals surface area contributed by atoms with Crippen molar-refractivity contribution in [1.82, 2.24) is 20.2 Å². The molecule has 1 aliphatic rings. The summed E-state index contributed by atoms with van der Waals surface area (Å²) in [7, 11) is 0. The summed E-state index contributed by atoms with van der Waals surface area (Å²) in [5.74, 6) is 0.113. The van der Waals surface area contributed by atoms with E-state index < -0.39 is 0 Å². The van der Waals surface area contributed by atoms with E-state index in [4.69, 9.17) is 17.3 Å². The zero-order valence-electron chi connectivity index (χ0n) is 14.4. The molecule has 0 aliphatic carbocycles. The van der Waals surface area contributed by atoms with Crippen molar-refractivity contribution >= 4 is 29.5 Å². The molecule has 0 atom stereocenters. The number of carbonyl (C=O) groups is 1. The second-order valence-corrected chi connectivity index (χ2v) is 6.77. The highest BCUT2D eigenvalue weighted by atomic mass is 35.5. The van der Waals surface area contributed by atoms with Crippen LogP contribution in [0.15, 0.2) is 42.7 Å². The third-order valence-corrected chi connectivity index (χ3v) is 4.77. The maximum absolute atomic E-state index is 12.1. The summed E-state index contributed by atoms with van der Waals surface area (Å²) in [6.07, 6.45) is 8.20. The molecule has 1 aromatic carbocycles. The molecular weight excluding hydrogens is 350 g/mol. The number of aromatic nitrogens is 2. The SMILES string of the molecule is Nc1ncc(C=CC(=O)NC2CCN(Cc3ccccc3Cl)CC2)cn1. The van der Waals surface area contributed by atoms with Crippen LogP contribution in [0.4, 0.5) is 5.95 Å². The predicted molar refractivity (Wildman–Crippen MR) is 103 cm³/mol. The molecule has 0 bridgehead atoms. The van der Waals surface area contributed by atoms with E-state index in [2.05, 4.69) is 26.3 Å². The van der Waals surface area contributed by atoms with E-state index in [1.165, 1.54) is 6.08 Å². The van der Waals surface area contributed by atoms with Crippen LogP contribution < -0.4 is 11.1 Å². The molecule has 1 fully saturated rings. The average Bonchev–Trinajstić information content (AvgIpc) is 2.65. The molecule has 7 heteroatoms. The van der Waals surface area contributed by atoms with E-state index in [0.717, 1.165) is 48.6 Å². The molecule has 3 rings (SSSR count). The molecule has 0 saturated carbocycles. The summed E-state index contributed by atoms with van der Waals surface area (Å²) in [4.78, 5) is 22.2. The molecule has 2 aromatic rings. The Morgan fingerprint density at radius 1 is 1.27 bits per heavy atom. The number of halogens is 1. The van der Waals surface area contributed by atoms with Crippen molar-refractivity contribution in [1.29, 1.82) is 0 Å². The second-order valence-electron chi connectivity index (χ2n) is 6.36. The van der Waals surface area contributed by atoms with Crippen LogP contribution in [0.1, 0.15) is 24.0 Å². The van der Waals surface area contributed by atoms with Crippen LogP contribution in [-0.2, 0) is 11.3 Å². The zero-order chi connectivity index (χ0) is 18.4. The first-order chi connectivity index (χ1) is 12.6. The number of likely N-dealkylation sites (tertiary alicyclic amines) is 1. The minimum absolute atomic E-state index is 0.105. The number of piperidine rings is 1. The molecule has 2 heterocycles. The molecule has 6 nitrogen and oxygen atoms in total.